The standard InChI is InChI=1S/C13H16N2O4/c16-13(17)10-6-14-3-4-15(10)7-9-1-2-11-12(5-9)19-8-18-11/h1-2,5,10,14H,3-4,6-8H2,(H,16,17). The van der Waals surface area contributed by atoms with Gasteiger partial charge in [0.2, 0.25) is 6.79 Å². The van der Waals surface area contributed by atoms with Crippen LogP contribution in [0.1, 0.15) is 5.56 Å². The molecule has 0 saturated carbocycles. The van der Waals surface area contributed by atoms with E-state index in [1.165, 1.54) is 0 Å². The lowest BCUT2D eigenvalue weighted by atomic mass is 10.1. The van der Waals surface area contributed by atoms with E-state index in [2.05, 4.69) is 5.32 Å². The van der Waals surface area contributed by atoms with E-state index >= 15 is 0 Å². The summed E-state index contributed by atoms with van der Waals surface area (Å²) in [6.07, 6.45) is 0. The minimum atomic E-state index is -0.784. The zero-order valence-electron chi connectivity index (χ0n) is 10.5. The normalized spacial score (nSPS) is 22.4. The molecule has 6 heteroatoms. The first kappa shape index (κ1) is 12.3. The maximum absolute atomic E-state index is 11.2. The predicted molar refractivity (Wildman–Crippen MR) is 67.3 cm³/mol. The first-order valence-corrected chi connectivity index (χ1v) is 6.30. The number of fused-ring (bicyclic) bond motifs is 1. The number of benzene rings is 1. The van der Waals surface area contributed by atoms with Crippen molar-refractivity contribution in [2.24, 2.45) is 0 Å². The molecule has 1 saturated heterocycles. The molecular formula is C13H16N2O4. The number of rotatable bonds is 3. The molecule has 1 unspecified atom stereocenters. The molecule has 0 bridgehead atoms. The van der Waals surface area contributed by atoms with Crippen molar-refractivity contribution in [3.63, 3.8) is 0 Å². The summed E-state index contributed by atoms with van der Waals surface area (Å²) in [5.74, 6) is 0.700. The van der Waals surface area contributed by atoms with Crippen molar-refractivity contribution >= 4 is 5.97 Å². The Morgan fingerprint density at radius 3 is 3.11 bits per heavy atom. The average molecular weight is 264 g/mol. The molecule has 19 heavy (non-hydrogen) atoms. The van der Waals surface area contributed by atoms with Crippen LogP contribution >= 0.6 is 0 Å². The monoisotopic (exact) mass is 264 g/mol. The van der Waals surface area contributed by atoms with Crippen LogP contribution in [-0.4, -0.2) is 48.4 Å². The molecule has 2 aliphatic heterocycles. The maximum atomic E-state index is 11.2. The summed E-state index contributed by atoms with van der Waals surface area (Å²) in [6, 6.07) is 5.27. The van der Waals surface area contributed by atoms with Gasteiger partial charge in [0.05, 0.1) is 0 Å². The molecule has 1 atom stereocenters. The molecule has 1 aromatic rings. The SMILES string of the molecule is O=C(O)C1CNCCN1Cc1ccc2c(c1)OCO2. The van der Waals surface area contributed by atoms with Crippen LogP contribution in [0, 0.1) is 0 Å². The zero-order chi connectivity index (χ0) is 13.2. The Labute approximate surface area is 110 Å². The van der Waals surface area contributed by atoms with Crippen molar-refractivity contribution in [2.45, 2.75) is 12.6 Å². The molecule has 1 fully saturated rings. The number of ether oxygens (including phenoxy) is 2. The molecule has 102 valence electrons. The van der Waals surface area contributed by atoms with Crippen LogP contribution in [0.15, 0.2) is 18.2 Å². The van der Waals surface area contributed by atoms with Gasteiger partial charge in [-0.05, 0) is 17.7 Å². The first-order chi connectivity index (χ1) is 9.24. The third-order valence-corrected chi connectivity index (χ3v) is 3.46. The minimum absolute atomic E-state index is 0.254. The molecule has 2 N–H and O–H groups in total. The highest BCUT2D eigenvalue weighted by atomic mass is 16.7. The van der Waals surface area contributed by atoms with Gasteiger partial charge in [0, 0.05) is 26.2 Å². The van der Waals surface area contributed by atoms with Crippen molar-refractivity contribution < 1.29 is 19.4 Å². The number of nitrogens with one attached hydrogen (secondary N) is 1. The Kier molecular flexibility index (Phi) is 3.27. The summed E-state index contributed by atoms with van der Waals surface area (Å²) in [5.41, 5.74) is 1.04. The lowest BCUT2D eigenvalue weighted by Crippen LogP contribution is -2.54. The molecule has 2 aliphatic rings. The number of hydrogen-bond acceptors (Lipinski definition) is 5. The fraction of sp³-hybridized carbons (Fsp3) is 0.462. The highest BCUT2D eigenvalue weighted by Gasteiger charge is 2.28. The van der Waals surface area contributed by atoms with E-state index in [4.69, 9.17) is 9.47 Å². The van der Waals surface area contributed by atoms with E-state index in [1.54, 1.807) is 0 Å². The van der Waals surface area contributed by atoms with Gasteiger partial charge in [-0.3, -0.25) is 9.69 Å². The highest BCUT2D eigenvalue weighted by Crippen LogP contribution is 2.32. The lowest BCUT2D eigenvalue weighted by molar-refractivity contribution is -0.144. The largest absolute Gasteiger partial charge is 0.480 e. The third-order valence-electron chi connectivity index (χ3n) is 3.46. The fourth-order valence-electron chi connectivity index (χ4n) is 2.45. The second-order valence-electron chi connectivity index (χ2n) is 4.72. The van der Waals surface area contributed by atoms with Crippen LogP contribution in [0.3, 0.4) is 0 Å². The second-order valence-corrected chi connectivity index (χ2v) is 4.72. The minimum Gasteiger partial charge on any atom is -0.480 e. The van der Waals surface area contributed by atoms with E-state index < -0.39 is 12.0 Å². The van der Waals surface area contributed by atoms with Crippen molar-refractivity contribution in [1.29, 1.82) is 0 Å². The topological polar surface area (TPSA) is 71.0 Å². The Morgan fingerprint density at radius 1 is 1.42 bits per heavy atom. The van der Waals surface area contributed by atoms with E-state index in [0.29, 0.717) is 13.1 Å². The summed E-state index contributed by atoms with van der Waals surface area (Å²) in [4.78, 5) is 13.2. The smallest absolute Gasteiger partial charge is 0.322 e. The molecular weight excluding hydrogens is 248 g/mol. The number of hydrogen-bond donors (Lipinski definition) is 2. The number of aliphatic carboxylic acids is 1. The molecule has 0 aliphatic carbocycles. The van der Waals surface area contributed by atoms with Crippen molar-refractivity contribution in [2.75, 3.05) is 26.4 Å². The predicted octanol–water partition coefficient (Wildman–Crippen LogP) is 0.274. The van der Waals surface area contributed by atoms with Gasteiger partial charge in [-0.1, -0.05) is 6.07 Å². The Balaban J connectivity index is 1.74. The summed E-state index contributed by atoms with van der Waals surface area (Å²) >= 11 is 0. The summed E-state index contributed by atoms with van der Waals surface area (Å²) in [5, 5.41) is 12.3. The zero-order valence-corrected chi connectivity index (χ0v) is 10.5. The number of carboxylic acids is 1. The van der Waals surface area contributed by atoms with E-state index in [0.717, 1.165) is 30.2 Å². The van der Waals surface area contributed by atoms with Gasteiger partial charge in [-0.25, -0.2) is 0 Å². The van der Waals surface area contributed by atoms with Gasteiger partial charge in [-0.2, -0.15) is 0 Å². The molecule has 1 aromatic carbocycles. The fourth-order valence-corrected chi connectivity index (χ4v) is 2.45. The summed E-state index contributed by atoms with van der Waals surface area (Å²) in [6.45, 7) is 2.89. The number of nitrogens with zero attached hydrogens (tertiary/aromatic N) is 1. The second kappa shape index (κ2) is 5.07. The van der Waals surface area contributed by atoms with Gasteiger partial charge < -0.3 is 19.9 Å². The Bertz CT molecular complexity index is 492. The van der Waals surface area contributed by atoms with Crippen LogP contribution in [-0.2, 0) is 11.3 Å². The summed E-state index contributed by atoms with van der Waals surface area (Å²) in [7, 11) is 0. The van der Waals surface area contributed by atoms with E-state index in [9.17, 15) is 9.90 Å². The molecule has 0 aromatic heterocycles. The number of piperazine rings is 1. The van der Waals surface area contributed by atoms with Crippen molar-refractivity contribution in [3.8, 4) is 11.5 Å². The van der Waals surface area contributed by atoms with Crippen LogP contribution < -0.4 is 14.8 Å². The van der Waals surface area contributed by atoms with Crippen LogP contribution in [0.4, 0.5) is 0 Å². The molecule has 0 spiro atoms. The molecule has 0 amide bonds. The maximum Gasteiger partial charge on any atom is 0.322 e. The van der Waals surface area contributed by atoms with E-state index in [1.807, 2.05) is 23.1 Å². The Hall–Kier alpha value is -1.79. The lowest BCUT2D eigenvalue weighted by Gasteiger charge is -2.33. The van der Waals surface area contributed by atoms with Gasteiger partial charge in [0.25, 0.3) is 0 Å². The first-order valence-electron chi connectivity index (χ1n) is 6.30. The average Bonchev–Trinajstić information content (AvgIpc) is 2.86. The van der Waals surface area contributed by atoms with Crippen molar-refractivity contribution in [3.05, 3.63) is 23.8 Å². The van der Waals surface area contributed by atoms with Crippen LogP contribution in [0.25, 0.3) is 0 Å². The van der Waals surface area contributed by atoms with E-state index in [-0.39, 0.29) is 6.79 Å². The van der Waals surface area contributed by atoms with Gasteiger partial charge in [-0.15, -0.1) is 0 Å². The quantitative estimate of drug-likeness (QED) is 0.817. The number of carbonyl (C=O) groups is 1. The molecule has 3 rings (SSSR count). The number of carboxylic acid groups (broad SMARTS) is 1. The van der Waals surface area contributed by atoms with Crippen LogP contribution in [0.5, 0.6) is 11.5 Å². The Morgan fingerprint density at radius 2 is 2.26 bits per heavy atom. The van der Waals surface area contributed by atoms with Gasteiger partial charge in [0.1, 0.15) is 6.04 Å². The molecule has 0 radical (unpaired) electrons. The molecule has 6 nitrogen and oxygen atoms in total. The van der Waals surface area contributed by atoms with Crippen molar-refractivity contribution in [1.82, 2.24) is 10.2 Å². The van der Waals surface area contributed by atoms with Crippen LogP contribution in [0.2, 0.25) is 0 Å². The summed E-state index contributed by atoms with van der Waals surface area (Å²) < 4.78 is 10.6. The van der Waals surface area contributed by atoms with Gasteiger partial charge >= 0.3 is 5.97 Å². The van der Waals surface area contributed by atoms with Gasteiger partial charge in [0.15, 0.2) is 11.5 Å². The highest BCUT2D eigenvalue weighted by molar-refractivity contribution is 5.74. The molecule has 2 heterocycles. The third kappa shape index (κ3) is 2.50.